The summed E-state index contributed by atoms with van der Waals surface area (Å²) in [6.07, 6.45) is 2.21. The SMILES string of the molecule is Cc1ccc2cc(C=C[N+](=O)[O-])c(Cl)nc2c1C. The minimum atomic E-state index is -0.527. The molecule has 1 aromatic heterocycles. The Kier molecular flexibility index (Phi) is 3.30. The molecule has 0 bridgehead atoms. The van der Waals surface area contributed by atoms with E-state index in [2.05, 4.69) is 4.98 Å². The highest BCUT2D eigenvalue weighted by molar-refractivity contribution is 6.31. The molecule has 18 heavy (non-hydrogen) atoms. The first-order valence-corrected chi connectivity index (χ1v) is 5.75. The van der Waals surface area contributed by atoms with E-state index in [1.54, 1.807) is 6.07 Å². The number of pyridine rings is 1. The number of aromatic nitrogens is 1. The Morgan fingerprint density at radius 3 is 2.78 bits per heavy atom. The Morgan fingerprint density at radius 2 is 2.11 bits per heavy atom. The molecule has 0 aliphatic heterocycles. The largest absolute Gasteiger partial charge is 0.259 e. The number of fused-ring (bicyclic) bond motifs is 1. The van der Waals surface area contributed by atoms with Crippen LogP contribution in [0, 0.1) is 24.0 Å². The quantitative estimate of drug-likeness (QED) is 0.470. The highest BCUT2D eigenvalue weighted by atomic mass is 35.5. The van der Waals surface area contributed by atoms with E-state index in [0.717, 1.165) is 28.2 Å². The van der Waals surface area contributed by atoms with Gasteiger partial charge in [0, 0.05) is 17.0 Å². The molecule has 1 heterocycles. The van der Waals surface area contributed by atoms with Crippen molar-refractivity contribution in [2.75, 3.05) is 0 Å². The zero-order valence-electron chi connectivity index (χ0n) is 9.98. The first-order chi connectivity index (χ1) is 8.49. The van der Waals surface area contributed by atoms with E-state index in [1.165, 1.54) is 6.08 Å². The third kappa shape index (κ3) is 2.33. The van der Waals surface area contributed by atoms with Gasteiger partial charge in [0.1, 0.15) is 5.15 Å². The maximum Gasteiger partial charge on any atom is 0.235 e. The lowest BCUT2D eigenvalue weighted by atomic mass is 10.0. The van der Waals surface area contributed by atoms with Crippen LogP contribution in [0.1, 0.15) is 16.7 Å². The van der Waals surface area contributed by atoms with Crippen molar-refractivity contribution in [3.63, 3.8) is 0 Å². The Hall–Kier alpha value is -1.94. The molecule has 0 amide bonds. The van der Waals surface area contributed by atoms with E-state index < -0.39 is 4.92 Å². The van der Waals surface area contributed by atoms with E-state index in [0.29, 0.717) is 5.56 Å². The minimum Gasteiger partial charge on any atom is -0.259 e. The number of rotatable bonds is 2. The Balaban J connectivity index is 2.63. The van der Waals surface area contributed by atoms with E-state index >= 15 is 0 Å². The number of nitrogens with zero attached hydrogens (tertiary/aromatic N) is 2. The normalized spacial score (nSPS) is 11.3. The molecule has 0 unspecified atom stereocenters. The standard InChI is InChI=1S/C13H11ClN2O2/c1-8-3-4-10-7-11(5-6-16(17)18)13(14)15-12(10)9(8)2/h3-7H,1-2H3. The summed E-state index contributed by atoms with van der Waals surface area (Å²) in [5, 5.41) is 11.5. The van der Waals surface area contributed by atoms with Crippen molar-refractivity contribution in [3.05, 3.63) is 56.4 Å². The summed E-state index contributed by atoms with van der Waals surface area (Å²) in [4.78, 5) is 14.1. The second-order valence-corrected chi connectivity index (χ2v) is 4.41. The van der Waals surface area contributed by atoms with Crippen molar-refractivity contribution in [1.29, 1.82) is 0 Å². The fraction of sp³-hybridized carbons (Fsp3) is 0.154. The van der Waals surface area contributed by atoms with Crippen molar-refractivity contribution >= 4 is 28.6 Å². The van der Waals surface area contributed by atoms with Gasteiger partial charge in [-0.1, -0.05) is 23.7 Å². The van der Waals surface area contributed by atoms with Crippen LogP contribution in [0.4, 0.5) is 0 Å². The van der Waals surface area contributed by atoms with Crippen LogP contribution in [0.3, 0.4) is 0 Å². The lowest BCUT2D eigenvalue weighted by Gasteiger charge is -2.06. The van der Waals surface area contributed by atoms with Crippen LogP contribution in [0.15, 0.2) is 24.4 Å². The smallest absolute Gasteiger partial charge is 0.235 e. The lowest BCUT2D eigenvalue weighted by Crippen LogP contribution is -1.91. The highest BCUT2D eigenvalue weighted by Crippen LogP contribution is 2.25. The van der Waals surface area contributed by atoms with Crippen molar-refractivity contribution < 1.29 is 4.92 Å². The maximum atomic E-state index is 10.3. The van der Waals surface area contributed by atoms with Crippen LogP contribution in [0.5, 0.6) is 0 Å². The van der Waals surface area contributed by atoms with E-state index in [9.17, 15) is 10.1 Å². The average molecular weight is 263 g/mol. The zero-order chi connectivity index (χ0) is 13.3. The van der Waals surface area contributed by atoms with Crippen LogP contribution in [-0.2, 0) is 0 Å². The predicted molar refractivity (Wildman–Crippen MR) is 72.3 cm³/mol. The van der Waals surface area contributed by atoms with Crippen LogP contribution >= 0.6 is 11.6 Å². The van der Waals surface area contributed by atoms with Crippen LogP contribution in [-0.4, -0.2) is 9.91 Å². The summed E-state index contributed by atoms with van der Waals surface area (Å²) >= 11 is 6.03. The van der Waals surface area contributed by atoms with Gasteiger partial charge in [0.15, 0.2) is 0 Å². The van der Waals surface area contributed by atoms with Gasteiger partial charge in [-0.2, -0.15) is 0 Å². The van der Waals surface area contributed by atoms with Gasteiger partial charge in [0.2, 0.25) is 6.20 Å². The van der Waals surface area contributed by atoms with Gasteiger partial charge >= 0.3 is 0 Å². The molecule has 92 valence electrons. The molecule has 2 aromatic rings. The molecule has 0 saturated heterocycles. The van der Waals surface area contributed by atoms with Gasteiger partial charge in [0.05, 0.1) is 10.4 Å². The van der Waals surface area contributed by atoms with Crippen molar-refractivity contribution in [3.8, 4) is 0 Å². The summed E-state index contributed by atoms with van der Waals surface area (Å²) in [5.74, 6) is 0. The maximum absolute atomic E-state index is 10.3. The van der Waals surface area contributed by atoms with Crippen molar-refractivity contribution in [2.45, 2.75) is 13.8 Å². The second-order valence-electron chi connectivity index (χ2n) is 4.05. The third-order valence-electron chi connectivity index (χ3n) is 2.87. The number of hydrogen-bond donors (Lipinski definition) is 0. The number of nitro groups is 1. The number of hydrogen-bond acceptors (Lipinski definition) is 3. The van der Waals surface area contributed by atoms with Gasteiger partial charge in [-0.15, -0.1) is 0 Å². The highest BCUT2D eigenvalue weighted by Gasteiger charge is 2.07. The minimum absolute atomic E-state index is 0.273. The van der Waals surface area contributed by atoms with Gasteiger partial charge in [0.25, 0.3) is 0 Å². The van der Waals surface area contributed by atoms with Crippen molar-refractivity contribution in [1.82, 2.24) is 4.98 Å². The van der Waals surface area contributed by atoms with Gasteiger partial charge in [-0.3, -0.25) is 10.1 Å². The van der Waals surface area contributed by atoms with E-state index in [4.69, 9.17) is 11.6 Å². The number of benzene rings is 1. The molecule has 0 spiro atoms. The van der Waals surface area contributed by atoms with Crippen LogP contribution in [0.25, 0.3) is 17.0 Å². The monoisotopic (exact) mass is 262 g/mol. The summed E-state index contributed by atoms with van der Waals surface area (Å²) < 4.78 is 0. The molecule has 5 heteroatoms. The van der Waals surface area contributed by atoms with Gasteiger partial charge < -0.3 is 0 Å². The molecule has 0 N–H and O–H groups in total. The van der Waals surface area contributed by atoms with Crippen molar-refractivity contribution in [2.24, 2.45) is 0 Å². The summed E-state index contributed by atoms with van der Waals surface area (Å²) in [5.41, 5.74) is 3.58. The van der Waals surface area contributed by atoms with Gasteiger partial charge in [-0.25, -0.2) is 4.98 Å². The molecule has 1 aromatic carbocycles. The molecule has 4 nitrogen and oxygen atoms in total. The molecule has 0 saturated carbocycles. The first kappa shape index (κ1) is 12.5. The molecule has 0 aliphatic rings. The summed E-state index contributed by atoms with van der Waals surface area (Å²) in [6.45, 7) is 3.98. The molecule has 0 radical (unpaired) electrons. The van der Waals surface area contributed by atoms with E-state index in [-0.39, 0.29) is 5.15 Å². The first-order valence-electron chi connectivity index (χ1n) is 5.37. The molecule has 0 fully saturated rings. The Bertz CT molecular complexity index is 666. The molecule has 0 atom stereocenters. The molecule has 2 rings (SSSR count). The Labute approximate surface area is 109 Å². The van der Waals surface area contributed by atoms with Crippen LogP contribution in [0.2, 0.25) is 5.15 Å². The fourth-order valence-corrected chi connectivity index (χ4v) is 1.94. The summed E-state index contributed by atoms with van der Waals surface area (Å²) in [7, 11) is 0. The molecular formula is C13H11ClN2O2. The van der Waals surface area contributed by atoms with Crippen LogP contribution < -0.4 is 0 Å². The lowest BCUT2D eigenvalue weighted by molar-refractivity contribution is -0.400. The Morgan fingerprint density at radius 1 is 1.39 bits per heavy atom. The third-order valence-corrected chi connectivity index (χ3v) is 3.17. The summed E-state index contributed by atoms with van der Waals surface area (Å²) in [6, 6.07) is 5.73. The predicted octanol–water partition coefficient (Wildman–Crippen LogP) is 3.75. The number of halogens is 1. The number of aryl methyl sites for hydroxylation is 2. The molecular weight excluding hydrogens is 252 g/mol. The average Bonchev–Trinajstić information content (AvgIpc) is 2.32. The zero-order valence-corrected chi connectivity index (χ0v) is 10.7. The van der Waals surface area contributed by atoms with Gasteiger partial charge in [-0.05, 0) is 31.0 Å². The van der Waals surface area contributed by atoms with E-state index in [1.807, 2.05) is 26.0 Å². The molecule has 0 aliphatic carbocycles. The second kappa shape index (κ2) is 4.74. The topological polar surface area (TPSA) is 56.0 Å². The fourth-order valence-electron chi connectivity index (χ4n) is 1.73.